The van der Waals surface area contributed by atoms with Crippen LogP contribution in [0.2, 0.25) is 5.02 Å². The van der Waals surface area contributed by atoms with Gasteiger partial charge in [0.05, 0.1) is 24.9 Å². The van der Waals surface area contributed by atoms with Gasteiger partial charge in [-0.25, -0.2) is 4.98 Å². The molecule has 1 N–H and O–H groups in total. The summed E-state index contributed by atoms with van der Waals surface area (Å²) >= 11 is 6.20. The van der Waals surface area contributed by atoms with E-state index in [1.54, 1.807) is 26.4 Å². The van der Waals surface area contributed by atoms with Gasteiger partial charge in [0, 0.05) is 36.1 Å². The molecule has 0 saturated carbocycles. The first kappa shape index (κ1) is 18.4. The molecule has 2 aromatic carbocycles. The van der Waals surface area contributed by atoms with Gasteiger partial charge in [0.15, 0.2) is 0 Å². The van der Waals surface area contributed by atoms with Crippen molar-refractivity contribution in [1.82, 2.24) is 9.97 Å². The highest BCUT2D eigenvalue weighted by Crippen LogP contribution is 2.38. The first-order valence-corrected chi connectivity index (χ1v) is 9.36. The number of nitrogens with one attached hydrogen (secondary N) is 1. The second-order valence-corrected chi connectivity index (χ2v) is 6.94. The van der Waals surface area contributed by atoms with Gasteiger partial charge < -0.3 is 19.7 Å². The Morgan fingerprint density at radius 2 is 1.82 bits per heavy atom. The fraction of sp³-hybridized carbons (Fsp3) is 0.238. The number of ether oxygens (including phenoxy) is 2. The lowest BCUT2D eigenvalue weighted by atomic mass is 10.2. The second kappa shape index (κ2) is 7.56. The maximum absolute atomic E-state index is 6.20. The van der Waals surface area contributed by atoms with E-state index in [4.69, 9.17) is 26.1 Å². The standard InChI is InChI=1S/C21H21ClN4O2/c1-13-10-20(24-16-12-18(27-2)15(22)11-19(16)28-3)25-21(23-13)26-9-8-14-6-4-5-7-17(14)26/h4-7,10-12H,8-9H2,1-3H3,(H,23,24,25). The summed E-state index contributed by atoms with van der Waals surface area (Å²) < 4.78 is 10.8. The Balaban J connectivity index is 1.70. The predicted octanol–water partition coefficient (Wildman–Crippen LogP) is 4.89. The Morgan fingerprint density at radius 3 is 2.61 bits per heavy atom. The highest BCUT2D eigenvalue weighted by atomic mass is 35.5. The molecule has 0 aliphatic carbocycles. The molecule has 0 unspecified atom stereocenters. The number of aromatic nitrogens is 2. The average Bonchev–Trinajstić information content (AvgIpc) is 3.12. The molecule has 28 heavy (non-hydrogen) atoms. The summed E-state index contributed by atoms with van der Waals surface area (Å²) in [5.41, 5.74) is 4.06. The number of anilines is 4. The van der Waals surface area contributed by atoms with E-state index in [1.807, 2.05) is 19.1 Å². The molecule has 7 heteroatoms. The van der Waals surface area contributed by atoms with Gasteiger partial charge in [-0.15, -0.1) is 0 Å². The smallest absolute Gasteiger partial charge is 0.232 e. The minimum Gasteiger partial charge on any atom is -0.495 e. The Kier molecular flexibility index (Phi) is 4.96. The van der Waals surface area contributed by atoms with Crippen molar-refractivity contribution in [2.24, 2.45) is 0 Å². The topological polar surface area (TPSA) is 59.5 Å². The molecule has 0 fully saturated rings. The molecule has 0 amide bonds. The van der Waals surface area contributed by atoms with Gasteiger partial charge in [-0.05, 0) is 25.0 Å². The van der Waals surface area contributed by atoms with E-state index >= 15 is 0 Å². The molecule has 1 aliphatic rings. The third-order valence-electron chi connectivity index (χ3n) is 4.71. The third-order valence-corrected chi connectivity index (χ3v) is 5.00. The normalized spacial score (nSPS) is 12.6. The number of aryl methyl sites for hydroxylation is 1. The Hall–Kier alpha value is -2.99. The molecule has 144 valence electrons. The number of hydrogen-bond acceptors (Lipinski definition) is 6. The lowest BCUT2D eigenvalue weighted by Crippen LogP contribution is -2.17. The summed E-state index contributed by atoms with van der Waals surface area (Å²) in [4.78, 5) is 11.5. The van der Waals surface area contributed by atoms with E-state index in [1.165, 1.54) is 5.56 Å². The van der Waals surface area contributed by atoms with Crippen molar-refractivity contribution in [2.75, 3.05) is 31.0 Å². The van der Waals surface area contributed by atoms with Gasteiger partial charge in [-0.2, -0.15) is 4.98 Å². The summed E-state index contributed by atoms with van der Waals surface area (Å²) in [6.45, 7) is 2.82. The Bertz CT molecular complexity index is 1030. The number of fused-ring (bicyclic) bond motifs is 1. The van der Waals surface area contributed by atoms with Crippen LogP contribution in [0.15, 0.2) is 42.5 Å². The van der Waals surface area contributed by atoms with Crippen molar-refractivity contribution in [3.8, 4) is 11.5 Å². The molecule has 2 heterocycles. The minimum atomic E-state index is 0.484. The lowest BCUT2D eigenvalue weighted by Gasteiger charge is -2.19. The van der Waals surface area contributed by atoms with Crippen LogP contribution in [0.25, 0.3) is 0 Å². The van der Waals surface area contributed by atoms with E-state index in [-0.39, 0.29) is 0 Å². The van der Waals surface area contributed by atoms with Crippen LogP contribution >= 0.6 is 11.6 Å². The SMILES string of the molecule is COc1cc(Nc2cc(C)nc(N3CCc4ccccc43)n2)c(OC)cc1Cl. The molecule has 3 aromatic rings. The van der Waals surface area contributed by atoms with Crippen LogP contribution in [0.5, 0.6) is 11.5 Å². The summed E-state index contributed by atoms with van der Waals surface area (Å²) in [5.74, 6) is 2.52. The maximum Gasteiger partial charge on any atom is 0.232 e. The average molecular weight is 397 g/mol. The van der Waals surface area contributed by atoms with E-state index < -0.39 is 0 Å². The third kappa shape index (κ3) is 3.43. The number of para-hydroxylation sites is 1. The molecule has 0 saturated heterocycles. The summed E-state index contributed by atoms with van der Waals surface area (Å²) in [6.07, 6.45) is 0.985. The Morgan fingerprint density at radius 1 is 1.04 bits per heavy atom. The Labute approximate surface area is 169 Å². The first-order chi connectivity index (χ1) is 13.6. The van der Waals surface area contributed by atoms with Crippen LogP contribution in [0.1, 0.15) is 11.3 Å². The van der Waals surface area contributed by atoms with Crippen LogP contribution in [-0.4, -0.2) is 30.7 Å². The number of benzene rings is 2. The number of halogens is 1. The number of methoxy groups -OCH3 is 2. The van der Waals surface area contributed by atoms with Gasteiger partial charge in [0.25, 0.3) is 0 Å². The quantitative estimate of drug-likeness (QED) is 0.662. The van der Waals surface area contributed by atoms with E-state index in [9.17, 15) is 0 Å². The number of nitrogens with zero attached hydrogens (tertiary/aromatic N) is 3. The van der Waals surface area contributed by atoms with Crippen LogP contribution in [0.4, 0.5) is 23.1 Å². The largest absolute Gasteiger partial charge is 0.495 e. The summed E-state index contributed by atoms with van der Waals surface area (Å²) in [7, 11) is 3.18. The fourth-order valence-electron chi connectivity index (χ4n) is 3.38. The molecular weight excluding hydrogens is 376 g/mol. The summed E-state index contributed by atoms with van der Waals surface area (Å²) in [5, 5.41) is 3.80. The fourth-order valence-corrected chi connectivity index (χ4v) is 3.61. The molecule has 0 atom stereocenters. The second-order valence-electron chi connectivity index (χ2n) is 6.54. The zero-order chi connectivity index (χ0) is 19.7. The summed E-state index contributed by atoms with van der Waals surface area (Å²) in [6, 6.07) is 13.8. The lowest BCUT2D eigenvalue weighted by molar-refractivity contribution is 0.405. The number of rotatable bonds is 5. The van der Waals surface area contributed by atoms with Gasteiger partial charge in [-0.1, -0.05) is 29.8 Å². The van der Waals surface area contributed by atoms with Crippen molar-refractivity contribution >= 4 is 34.7 Å². The minimum absolute atomic E-state index is 0.484. The van der Waals surface area contributed by atoms with Crippen molar-refractivity contribution in [2.45, 2.75) is 13.3 Å². The monoisotopic (exact) mass is 396 g/mol. The molecule has 4 rings (SSSR count). The predicted molar refractivity (Wildman–Crippen MR) is 112 cm³/mol. The molecule has 0 bridgehead atoms. The van der Waals surface area contributed by atoms with E-state index in [0.717, 1.165) is 30.0 Å². The highest BCUT2D eigenvalue weighted by molar-refractivity contribution is 6.32. The van der Waals surface area contributed by atoms with E-state index in [2.05, 4.69) is 33.4 Å². The van der Waals surface area contributed by atoms with Gasteiger partial charge in [0.1, 0.15) is 17.3 Å². The molecule has 1 aliphatic heterocycles. The highest BCUT2D eigenvalue weighted by Gasteiger charge is 2.22. The molecule has 0 spiro atoms. The van der Waals surface area contributed by atoms with Crippen LogP contribution in [0.3, 0.4) is 0 Å². The molecular formula is C21H21ClN4O2. The first-order valence-electron chi connectivity index (χ1n) is 8.98. The van der Waals surface area contributed by atoms with E-state index in [0.29, 0.717) is 28.3 Å². The van der Waals surface area contributed by atoms with Crippen molar-refractivity contribution in [1.29, 1.82) is 0 Å². The van der Waals surface area contributed by atoms with Crippen LogP contribution < -0.4 is 19.7 Å². The zero-order valence-corrected chi connectivity index (χ0v) is 16.7. The van der Waals surface area contributed by atoms with Gasteiger partial charge >= 0.3 is 0 Å². The molecule has 1 aromatic heterocycles. The van der Waals surface area contributed by atoms with Crippen LogP contribution in [-0.2, 0) is 6.42 Å². The van der Waals surface area contributed by atoms with Gasteiger partial charge in [-0.3, -0.25) is 0 Å². The van der Waals surface area contributed by atoms with Crippen molar-refractivity contribution in [3.05, 3.63) is 58.7 Å². The maximum atomic E-state index is 6.20. The zero-order valence-electron chi connectivity index (χ0n) is 16.0. The van der Waals surface area contributed by atoms with Gasteiger partial charge in [0.2, 0.25) is 5.95 Å². The number of hydrogen-bond donors (Lipinski definition) is 1. The molecule has 6 nitrogen and oxygen atoms in total. The molecule has 0 radical (unpaired) electrons. The van der Waals surface area contributed by atoms with Crippen molar-refractivity contribution in [3.63, 3.8) is 0 Å². The van der Waals surface area contributed by atoms with Crippen LogP contribution in [0, 0.1) is 6.92 Å². The van der Waals surface area contributed by atoms with Crippen molar-refractivity contribution < 1.29 is 9.47 Å².